The predicted octanol–water partition coefficient (Wildman–Crippen LogP) is 0.566. The van der Waals surface area contributed by atoms with Crippen LogP contribution in [0.2, 0.25) is 0 Å². The SMILES string of the molecule is Cc1cncc(N2CCOC(C(=O)N3CCSCC3)C2)n1. The Morgan fingerprint density at radius 2 is 2.14 bits per heavy atom. The molecule has 0 spiro atoms. The van der Waals surface area contributed by atoms with Crippen molar-refractivity contribution >= 4 is 23.5 Å². The second-order valence-electron chi connectivity index (χ2n) is 5.26. The Balaban J connectivity index is 1.66. The number of hydrogen-bond acceptors (Lipinski definition) is 6. The lowest BCUT2D eigenvalue weighted by atomic mass is 10.2. The summed E-state index contributed by atoms with van der Waals surface area (Å²) in [5.41, 5.74) is 0.884. The smallest absolute Gasteiger partial charge is 0.253 e. The number of aryl methyl sites for hydroxylation is 1. The van der Waals surface area contributed by atoms with Crippen molar-refractivity contribution < 1.29 is 9.53 Å². The van der Waals surface area contributed by atoms with Gasteiger partial charge in [0.15, 0.2) is 6.10 Å². The summed E-state index contributed by atoms with van der Waals surface area (Å²) in [6.45, 7) is 5.43. The van der Waals surface area contributed by atoms with Crippen LogP contribution in [-0.2, 0) is 9.53 Å². The van der Waals surface area contributed by atoms with Crippen molar-refractivity contribution in [1.29, 1.82) is 0 Å². The molecule has 2 aliphatic heterocycles. The average molecular weight is 308 g/mol. The first-order valence-corrected chi connectivity index (χ1v) is 8.41. The fourth-order valence-electron chi connectivity index (χ4n) is 2.60. The van der Waals surface area contributed by atoms with Crippen LogP contribution >= 0.6 is 11.8 Å². The fourth-order valence-corrected chi connectivity index (χ4v) is 3.50. The number of amides is 1. The summed E-state index contributed by atoms with van der Waals surface area (Å²) in [4.78, 5) is 25.2. The normalized spacial score (nSPS) is 23.2. The summed E-state index contributed by atoms with van der Waals surface area (Å²) in [7, 11) is 0. The molecule has 21 heavy (non-hydrogen) atoms. The highest BCUT2D eigenvalue weighted by Crippen LogP contribution is 2.17. The van der Waals surface area contributed by atoms with Crippen LogP contribution in [0.15, 0.2) is 12.4 Å². The number of anilines is 1. The molecule has 7 heteroatoms. The highest BCUT2D eigenvalue weighted by atomic mass is 32.2. The van der Waals surface area contributed by atoms with E-state index in [-0.39, 0.29) is 12.0 Å². The monoisotopic (exact) mass is 308 g/mol. The zero-order valence-electron chi connectivity index (χ0n) is 12.2. The lowest BCUT2D eigenvalue weighted by Gasteiger charge is -2.36. The first-order valence-electron chi connectivity index (χ1n) is 7.26. The number of hydrogen-bond donors (Lipinski definition) is 0. The number of thioether (sulfide) groups is 1. The Kier molecular flexibility index (Phi) is 4.60. The van der Waals surface area contributed by atoms with Gasteiger partial charge >= 0.3 is 0 Å². The Morgan fingerprint density at radius 1 is 1.33 bits per heavy atom. The summed E-state index contributed by atoms with van der Waals surface area (Å²) >= 11 is 1.90. The predicted molar refractivity (Wildman–Crippen MR) is 82.6 cm³/mol. The molecule has 0 bridgehead atoms. The van der Waals surface area contributed by atoms with E-state index in [0.717, 1.165) is 42.7 Å². The van der Waals surface area contributed by atoms with Crippen molar-refractivity contribution in [2.75, 3.05) is 49.2 Å². The molecule has 1 unspecified atom stereocenters. The first kappa shape index (κ1) is 14.6. The summed E-state index contributed by atoms with van der Waals surface area (Å²) in [5, 5.41) is 0. The third-order valence-corrected chi connectivity index (χ3v) is 4.67. The zero-order valence-corrected chi connectivity index (χ0v) is 13.0. The van der Waals surface area contributed by atoms with Crippen molar-refractivity contribution in [3.63, 3.8) is 0 Å². The summed E-state index contributed by atoms with van der Waals surface area (Å²) in [6, 6.07) is 0. The van der Waals surface area contributed by atoms with Crippen LogP contribution in [-0.4, -0.2) is 71.2 Å². The quantitative estimate of drug-likeness (QED) is 0.796. The molecule has 0 aliphatic carbocycles. The van der Waals surface area contributed by atoms with Crippen molar-refractivity contribution in [2.24, 2.45) is 0 Å². The minimum absolute atomic E-state index is 0.112. The lowest BCUT2D eigenvalue weighted by molar-refractivity contribution is -0.144. The van der Waals surface area contributed by atoms with Gasteiger partial charge in [0.25, 0.3) is 5.91 Å². The molecule has 2 aliphatic rings. The molecule has 0 aromatic carbocycles. The molecule has 6 nitrogen and oxygen atoms in total. The third-order valence-electron chi connectivity index (χ3n) is 3.73. The van der Waals surface area contributed by atoms with E-state index in [1.807, 2.05) is 23.6 Å². The average Bonchev–Trinajstić information content (AvgIpc) is 2.55. The first-order chi connectivity index (χ1) is 10.2. The summed E-state index contributed by atoms with van der Waals surface area (Å²) in [6.07, 6.45) is 3.10. The Bertz CT molecular complexity index is 508. The molecule has 1 amide bonds. The molecule has 2 saturated heterocycles. The van der Waals surface area contributed by atoms with Gasteiger partial charge in [-0.2, -0.15) is 11.8 Å². The molecule has 1 aromatic rings. The minimum Gasteiger partial charge on any atom is -0.365 e. The van der Waals surface area contributed by atoms with E-state index in [1.54, 1.807) is 12.4 Å². The lowest BCUT2D eigenvalue weighted by Crippen LogP contribution is -2.52. The van der Waals surface area contributed by atoms with Crippen LogP contribution in [0.3, 0.4) is 0 Å². The maximum atomic E-state index is 12.5. The molecule has 3 rings (SSSR count). The summed E-state index contributed by atoms with van der Waals surface area (Å²) < 4.78 is 5.69. The van der Waals surface area contributed by atoms with E-state index in [9.17, 15) is 4.79 Å². The number of rotatable bonds is 2. The van der Waals surface area contributed by atoms with Crippen LogP contribution in [0.1, 0.15) is 5.69 Å². The molecule has 2 fully saturated rings. The molecule has 114 valence electrons. The van der Waals surface area contributed by atoms with Gasteiger partial charge in [0.2, 0.25) is 0 Å². The highest BCUT2D eigenvalue weighted by Gasteiger charge is 2.31. The van der Waals surface area contributed by atoms with Gasteiger partial charge in [-0.15, -0.1) is 0 Å². The topological polar surface area (TPSA) is 58.6 Å². The van der Waals surface area contributed by atoms with Gasteiger partial charge in [-0.25, -0.2) is 4.98 Å². The largest absolute Gasteiger partial charge is 0.365 e. The number of nitrogens with zero attached hydrogens (tertiary/aromatic N) is 4. The van der Waals surface area contributed by atoms with Crippen molar-refractivity contribution in [1.82, 2.24) is 14.9 Å². The maximum Gasteiger partial charge on any atom is 0.253 e. The molecule has 1 aromatic heterocycles. The zero-order chi connectivity index (χ0) is 14.7. The standard InChI is InChI=1S/C14H20N4O2S/c1-11-8-15-9-13(16-11)18-2-5-20-12(10-18)14(19)17-3-6-21-7-4-17/h8-9,12H,2-7,10H2,1H3. The molecule has 3 heterocycles. The Hall–Kier alpha value is -1.34. The van der Waals surface area contributed by atoms with Crippen LogP contribution in [0.25, 0.3) is 0 Å². The van der Waals surface area contributed by atoms with Crippen LogP contribution in [0.5, 0.6) is 0 Å². The number of morpholine rings is 1. The van der Waals surface area contributed by atoms with E-state index in [2.05, 4.69) is 14.9 Å². The fraction of sp³-hybridized carbons (Fsp3) is 0.643. The van der Waals surface area contributed by atoms with Gasteiger partial charge in [-0.05, 0) is 6.92 Å². The third kappa shape index (κ3) is 3.47. The van der Waals surface area contributed by atoms with Crippen molar-refractivity contribution in [2.45, 2.75) is 13.0 Å². The number of carbonyl (C=O) groups excluding carboxylic acids is 1. The van der Waals surface area contributed by atoms with Crippen molar-refractivity contribution in [3.8, 4) is 0 Å². The van der Waals surface area contributed by atoms with E-state index >= 15 is 0 Å². The van der Waals surface area contributed by atoms with E-state index in [0.29, 0.717) is 13.2 Å². The maximum absolute atomic E-state index is 12.5. The molecule has 0 N–H and O–H groups in total. The minimum atomic E-state index is -0.385. The van der Waals surface area contributed by atoms with Crippen LogP contribution < -0.4 is 4.90 Å². The van der Waals surface area contributed by atoms with E-state index < -0.39 is 0 Å². The molecule has 0 saturated carbocycles. The van der Waals surface area contributed by atoms with Crippen molar-refractivity contribution in [3.05, 3.63) is 18.1 Å². The molecule has 0 radical (unpaired) electrons. The number of ether oxygens (including phenoxy) is 1. The van der Waals surface area contributed by atoms with Gasteiger partial charge in [0.05, 0.1) is 25.0 Å². The van der Waals surface area contributed by atoms with Gasteiger partial charge in [-0.1, -0.05) is 0 Å². The van der Waals surface area contributed by atoms with E-state index in [1.165, 1.54) is 0 Å². The molecular weight excluding hydrogens is 288 g/mol. The van der Waals surface area contributed by atoms with Gasteiger partial charge in [0.1, 0.15) is 5.82 Å². The number of carbonyl (C=O) groups is 1. The van der Waals surface area contributed by atoms with Gasteiger partial charge in [0, 0.05) is 37.3 Å². The number of aromatic nitrogens is 2. The second-order valence-corrected chi connectivity index (χ2v) is 6.49. The molecular formula is C14H20N4O2S. The van der Waals surface area contributed by atoms with Crippen LogP contribution in [0, 0.1) is 6.92 Å². The highest BCUT2D eigenvalue weighted by molar-refractivity contribution is 7.99. The van der Waals surface area contributed by atoms with Crippen LogP contribution in [0.4, 0.5) is 5.82 Å². The van der Waals surface area contributed by atoms with E-state index in [4.69, 9.17) is 4.74 Å². The van der Waals surface area contributed by atoms with Gasteiger partial charge < -0.3 is 14.5 Å². The summed E-state index contributed by atoms with van der Waals surface area (Å²) in [5.74, 6) is 2.97. The Labute approximate surface area is 128 Å². The second kappa shape index (κ2) is 6.62. The van der Waals surface area contributed by atoms with Gasteiger partial charge in [-0.3, -0.25) is 9.78 Å². The Morgan fingerprint density at radius 3 is 2.90 bits per heavy atom. The molecule has 1 atom stereocenters.